The quantitative estimate of drug-likeness (QED) is 0.771. The van der Waals surface area contributed by atoms with Gasteiger partial charge < -0.3 is 4.74 Å². The summed E-state index contributed by atoms with van der Waals surface area (Å²) < 4.78 is 5.71. The van der Waals surface area contributed by atoms with E-state index in [1.165, 1.54) is 0 Å². The number of rotatable bonds is 2. The third-order valence-corrected chi connectivity index (χ3v) is 4.02. The van der Waals surface area contributed by atoms with Crippen molar-refractivity contribution in [2.75, 3.05) is 6.61 Å². The van der Waals surface area contributed by atoms with E-state index in [-0.39, 0.29) is 6.10 Å². The minimum atomic E-state index is -0.707. The molecule has 96 valence electrons. The van der Waals surface area contributed by atoms with E-state index in [0.717, 1.165) is 29.7 Å². The Morgan fingerprint density at radius 3 is 3.00 bits per heavy atom. The van der Waals surface area contributed by atoms with Gasteiger partial charge in [-0.2, -0.15) is 5.26 Å². The normalized spacial score (nSPS) is 26.5. The Bertz CT molecular complexity index is 509. The van der Waals surface area contributed by atoms with Gasteiger partial charge >= 0.3 is 0 Å². The Labute approximate surface area is 113 Å². The molecule has 1 aliphatic carbocycles. The van der Waals surface area contributed by atoms with Crippen molar-refractivity contribution in [2.24, 2.45) is 0 Å². The first-order chi connectivity index (χ1) is 8.52. The van der Waals surface area contributed by atoms with Crippen LogP contribution in [-0.4, -0.2) is 17.7 Å². The molecular weight excluding hydrogens is 248 g/mol. The smallest absolute Gasteiger partial charge is 0.132 e. The van der Waals surface area contributed by atoms with Gasteiger partial charge in [-0.15, -0.1) is 0 Å². The van der Waals surface area contributed by atoms with Crippen LogP contribution in [0.4, 0.5) is 0 Å². The van der Waals surface area contributed by atoms with Gasteiger partial charge in [0, 0.05) is 6.61 Å². The summed E-state index contributed by atoms with van der Waals surface area (Å²) in [5, 5.41) is 10.0. The Kier molecular flexibility index (Phi) is 3.61. The van der Waals surface area contributed by atoms with E-state index in [1.807, 2.05) is 26.8 Å². The summed E-state index contributed by atoms with van der Waals surface area (Å²) in [7, 11) is 0. The minimum Gasteiger partial charge on any atom is -0.376 e. The van der Waals surface area contributed by atoms with Crippen molar-refractivity contribution in [3.05, 3.63) is 28.0 Å². The van der Waals surface area contributed by atoms with Crippen LogP contribution in [0.25, 0.3) is 0 Å². The van der Waals surface area contributed by atoms with E-state index in [4.69, 9.17) is 16.3 Å². The topological polar surface area (TPSA) is 45.9 Å². The van der Waals surface area contributed by atoms with Gasteiger partial charge in [0.1, 0.15) is 10.6 Å². The molecule has 18 heavy (non-hydrogen) atoms. The molecule has 0 spiro atoms. The number of aromatic nitrogens is 1. The maximum atomic E-state index is 9.54. The van der Waals surface area contributed by atoms with Gasteiger partial charge in [-0.1, -0.05) is 17.7 Å². The number of hydrogen-bond donors (Lipinski definition) is 0. The standard InChI is InChI=1S/C14H17ClN2O/c1-4-18-11-6-5-10-7-9(2)13(15)17-12(10)14(11,3)8-16/h7,11H,4-6H2,1-3H3/t11-,14+/m1/s1. The van der Waals surface area contributed by atoms with Crippen LogP contribution in [0.15, 0.2) is 6.07 Å². The Hall–Kier alpha value is -1.11. The SMILES string of the molecule is CCO[C@@H]1CCc2cc(C)c(Cl)nc2[C@@]1(C)C#N. The first-order valence-corrected chi connectivity index (χ1v) is 6.60. The summed E-state index contributed by atoms with van der Waals surface area (Å²) in [6.45, 7) is 6.39. The number of nitrogens with zero attached hydrogens (tertiary/aromatic N) is 2. The summed E-state index contributed by atoms with van der Waals surface area (Å²) in [6.07, 6.45) is 1.64. The van der Waals surface area contributed by atoms with Crippen molar-refractivity contribution in [2.45, 2.75) is 45.1 Å². The fourth-order valence-corrected chi connectivity index (χ4v) is 2.73. The maximum absolute atomic E-state index is 9.54. The van der Waals surface area contributed by atoms with Crippen LogP contribution >= 0.6 is 11.6 Å². The second-order valence-corrected chi connectivity index (χ2v) is 5.26. The molecule has 3 nitrogen and oxygen atoms in total. The van der Waals surface area contributed by atoms with Crippen molar-refractivity contribution >= 4 is 11.6 Å². The molecule has 0 unspecified atom stereocenters. The third kappa shape index (κ3) is 2.00. The van der Waals surface area contributed by atoms with Crippen LogP contribution in [0.3, 0.4) is 0 Å². The lowest BCUT2D eigenvalue weighted by atomic mass is 9.73. The monoisotopic (exact) mass is 264 g/mol. The van der Waals surface area contributed by atoms with Gasteiger partial charge in [0.25, 0.3) is 0 Å². The molecule has 1 aromatic rings. The number of aryl methyl sites for hydroxylation is 2. The summed E-state index contributed by atoms with van der Waals surface area (Å²) in [5.74, 6) is 0. The van der Waals surface area contributed by atoms with Crippen LogP contribution in [0.2, 0.25) is 5.15 Å². The lowest BCUT2D eigenvalue weighted by Gasteiger charge is -2.36. The number of pyridine rings is 1. The van der Waals surface area contributed by atoms with Crippen molar-refractivity contribution in [1.29, 1.82) is 5.26 Å². The lowest BCUT2D eigenvalue weighted by Crippen LogP contribution is -2.42. The van der Waals surface area contributed by atoms with Gasteiger partial charge in [-0.3, -0.25) is 0 Å². The molecule has 1 aliphatic rings. The molecule has 2 atom stereocenters. The van der Waals surface area contributed by atoms with Crippen molar-refractivity contribution in [3.63, 3.8) is 0 Å². The lowest BCUT2D eigenvalue weighted by molar-refractivity contribution is 0.0140. The van der Waals surface area contributed by atoms with E-state index in [9.17, 15) is 5.26 Å². The highest BCUT2D eigenvalue weighted by Crippen LogP contribution is 2.38. The van der Waals surface area contributed by atoms with E-state index in [1.54, 1.807) is 0 Å². The fraction of sp³-hybridized carbons (Fsp3) is 0.571. The van der Waals surface area contributed by atoms with Crippen LogP contribution in [0.5, 0.6) is 0 Å². The molecule has 2 rings (SSSR count). The molecule has 0 N–H and O–H groups in total. The molecule has 4 heteroatoms. The summed E-state index contributed by atoms with van der Waals surface area (Å²) in [5.41, 5.74) is 2.16. The maximum Gasteiger partial charge on any atom is 0.132 e. The number of halogens is 1. The van der Waals surface area contributed by atoms with E-state index >= 15 is 0 Å². The molecule has 1 aromatic heterocycles. The third-order valence-electron chi connectivity index (χ3n) is 3.64. The van der Waals surface area contributed by atoms with Gasteiger partial charge in [0.15, 0.2) is 0 Å². The van der Waals surface area contributed by atoms with Crippen molar-refractivity contribution in [1.82, 2.24) is 4.98 Å². The first-order valence-electron chi connectivity index (χ1n) is 6.22. The van der Waals surface area contributed by atoms with Crippen LogP contribution in [0.1, 0.15) is 37.1 Å². The van der Waals surface area contributed by atoms with Gasteiger partial charge in [-0.25, -0.2) is 4.98 Å². The molecule has 0 aromatic carbocycles. The van der Waals surface area contributed by atoms with Crippen molar-refractivity contribution in [3.8, 4) is 6.07 Å². The molecule has 0 amide bonds. The predicted molar refractivity (Wildman–Crippen MR) is 70.7 cm³/mol. The highest BCUT2D eigenvalue weighted by molar-refractivity contribution is 6.30. The molecule has 0 aliphatic heterocycles. The number of nitriles is 1. The number of ether oxygens (including phenoxy) is 1. The average Bonchev–Trinajstić information content (AvgIpc) is 2.36. The fourth-order valence-electron chi connectivity index (χ4n) is 2.59. The average molecular weight is 265 g/mol. The first kappa shape index (κ1) is 13.3. The largest absolute Gasteiger partial charge is 0.376 e. The molecule has 0 saturated carbocycles. The second-order valence-electron chi connectivity index (χ2n) is 4.90. The summed E-state index contributed by atoms with van der Waals surface area (Å²) in [6, 6.07) is 4.42. The molecular formula is C14H17ClN2O. The zero-order chi connectivity index (χ0) is 13.3. The second kappa shape index (κ2) is 4.87. The van der Waals surface area contributed by atoms with E-state index in [0.29, 0.717) is 11.8 Å². The zero-order valence-corrected chi connectivity index (χ0v) is 11.7. The van der Waals surface area contributed by atoms with Crippen molar-refractivity contribution < 1.29 is 4.74 Å². The van der Waals surface area contributed by atoms with E-state index in [2.05, 4.69) is 11.1 Å². The van der Waals surface area contributed by atoms with Gasteiger partial charge in [0.05, 0.1) is 17.9 Å². The molecule has 0 radical (unpaired) electrons. The minimum absolute atomic E-state index is 0.105. The molecule has 0 fully saturated rings. The molecule has 0 bridgehead atoms. The predicted octanol–water partition coefficient (Wildman–Crippen LogP) is 3.18. The zero-order valence-electron chi connectivity index (χ0n) is 11.0. The summed E-state index contributed by atoms with van der Waals surface area (Å²) in [4.78, 5) is 4.43. The molecule has 1 heterocycles. The van der Waals surface area contributed by atoms with Crippen LogP contribution in [0, 0.1) is 18.3 Å². The van der Waals surface area contributed by atoms with E-state index < -0.39 is 5.41 Å². The highest BCUT2D eigenvalue weighted by atomic mass is 35.5. The molecule has 0 saturated heterocycles. The van der Waals surface area contributed by atoms with Crippen LogP contribution in [-0.2, 0) is 16.6 Å². The number of fused-ring (bicyclic) bond motifs is 1. The Morgan fingerprint density at radius 2 is 2.39 bits per heavy atom. The van der Waals surface area contributed by atoms with Crippen LogP contribution < -0.4 is 0 Å². The van der Waals surface area contributed by atoms with Gasteiger partial charge in [0.2, 0.25) is 0 Å². The van der Waals surface area contributed by atoms with Gasteiger partial charge in [-0.05, 0) is 44.7 Å². The Balaban J connectivity index is 2.54. The summed E-state index contributed by atoms with van der Waals surface area (Å²) >= 11 is 6.09. The highest BCUT2D eigenvalue weighted by Gasteiger charge is 2.43. The Morgan fingerprint density at radius 1 is 1.67 bits per heavy atom. The number of hydrogen-bond acceptors (Lipinski definition) is 3.